The van der Waals surface area contributed by atoms with E-state index in [2.05, 4.69) is 13.8 Å². The molecule has 0 aromatic rings. The van der Waals surface area contributed by atoms with Crippen LogP contribution in [0, 0.1) is 0 Å². The monoisotopic (exact) mass is 140 g/mol. The van der Waals surface area contributed by atoms with Crippen molar-refractivity contribution in [2.45, 2.75) is 33.3 Å². The summed E-state index contributed by atoms with van der Waals surface area (Å²) in [6.07, 6.45) is 6.42. The second-order valence-electron chi connectivity index (χ2n) is 2.49. The average Bonchev–Trinajstić information content (AvgIpc) is 1.87. The minimum absolute atomic E-state index is 0.332. The van der Waals surface area contributed by atoms with Gasteiger partial charge in [-0.2, -0.15) is 0 Å². The Labute approximate surface area is 63.1 Å². The SMILES string of the molecule is CC/C(C)=C/C=C/C(C)O. The molecular formula is C9H16O. The molecule has 0 heterocycles. The third-order valence-corrected chi connectivity index (χ3v) is 1.33. The Morgan fingerprint density at radius 1 is 1.60 bits per heavy atom. The molecule has 0 radical (unpaired) electrons. The van der Waals surface area contributed by atoms with Crippen LogP contribution < -0.4 is 0 Å². The van der Waals surface area contributed by atoms with Gasteiger partial charge < -0.3 is 5.11 Å². The molecule has 0 rings (SSSR count). The molecule has 1 nitrogen and oxygen atoms in total. The summed E-state index contributed by atoms with van der Waals surface area (Å²) in [7, 11) is 0. The maximum Gasteiger partial charge on any atom is 0.0695 e. The van der Waals surface area contributed by atoms with Crippen LogP contribution in [0.5, 0.6) is 0 Å². The van der Waals surface area contributed by atoms with Gasteiger partial charge in [0.1, 0.15) is 0 Å². The Hall–Kier alpha value is -0.560. The van der Waals surface area contributed by atoms with E-state index in [1.54, 1.807) is 13.0 Å². The molecule has 0 aliphatic heterocycles. The number of hydrogen-bond donors (Lipinski definition) is 1. The molecule has 1 N–H and O–H groups in total. The second kappa shape index (κ2) is 5.24. The summed E-state index contributed by atoms with van der Waals surface area (Å²) in [5.74, 6) is 0. The Kier molecular flexibility index (Phi) is 4.95. The van der Waals surface area contributed by atoms with Gasteiger partial charge in [-0.3, -0.25) is 0 Å². The summed E-state index contributed by atoms with van der Waals surface area (Å²) in [6, 6.07) is 0. The van der Waals surface area contributed by atoms with Crippen LogP contribution in [-0.2, 0) is 0 Å². The summed E-state index contributed by atoms with van der Waals surface area (Å²) in [5.41, 5.74) is 1.33. The van der Waals surface area contributed by atoms with Crippen molar-refractivity contribution in [1.29, 1.82) is 0 Å². The van der Waals surface area contributed by atoms with Crippen LogP contribution >= 0.6 is 0 Å². The van der Waals surface area contributed by atoms with E-state index in [4.69, 9.17) is 5.11 Å². The normalized spacial score (nSPS) is 16.2. The van der Waals surface area contributed by atoms with Crippen molar-refractivity contribution in [2.75, 3.05) is 0 Å². The maximum atomic E-state index is 8.82. The molecule has 0 saturated carbocycles. The molecule has 0 aromatic carbocycles. The second-order valence-corrected chi connectivity index (χ2v) is 2.49. The zero-order valence-electron chi connectivity index (χ0n) is 6.96. The third kappa shape index (κ3) is 5.57. The molecule has 0 saturated heterocycles. The van der Waals surface area contributed by atoms with Gasteiger partial charge in [-0.05, 0) is 20.3 Å². The molecule has 0 aromatic heterocycles. The first-order valence-corrected chi connectivity index (χ1v) is 3.68. The molecule has 0 bridgehead atoms. The van der Waals surface area contributed by atoms with Gasteiger partial charge in [0, 0.05) is 0 Å². The first kappa shape index (κ1) is 9.44. The highest BCUT2D eigenvalue weighted by Crippen LogP contribution is 1.97. The van der Waals surface area contributed by atoms with Crippen LogP contribution in [0.25, 0.3) is 0 Å². The van der Waals surface area contributed by atoms with Crippen LogP contribution in [0.4, 0.5) is 0 Å². The third-order valence-electron chi connectivity index (χ3n) is 1.33. The van der Waals surface area contributed by atoms with Crippen molar-refractivity contribution in [3.8, 4) is 0 Å². The number of allylic oxidation sites excluding steroid dienone is 3. The average molecular weight is 140 g/mol. The number of rotatable bonds is 3. The fraction of sp³-hybridized carbons (Fsp3) is 0.556. The summed E-state index contributed by atoms with van der Waals surface area (Å²) in [5, 5.41) is 8.82. The molecule has 0 aliphatic rings. The summed E-state index contributed by atoms with van der Waals surface area (Å²) in [4.78, 5) is 0. The van der Waals surface area contributed by atoms with Gasteiger partial charge in [0.15, 0.2) is 0 Å². The minimum atomic E-state index is -0.332. The highest BCUT2D eigenvalue weighted by Gasteiger charge is 1.82. The molecule has 0 fully saturated rings. The van der Waals surface area contributed by atoms with Gasteiger partial charge in [-0.15, -0.1) is 0 Å². The highest BCUT2D eigenvalue weighted by atomic mass is 16.3. The van der Waals surface area contributed by atoms with Crippen molar-refractivity contribution >= 4 is 0 Å². The van der Waals surface area contributed by atoms with Gasteiger partial charge in [0.25, 0.3) is 0 Å². The van der Waals surface area contributed by atoms with Gasteiger partial charge >= 0.3 is 0 Å². The Balaban J connectivity index is 3.70. The van der Waals surface area contributed by atoms with E-state index in [1.807, 2.05) is 12.2 Å². The van der Waals surface area contributed by atoms with E-state index < -0.39 is 0 Å². The predicted octanol–water partition coefficient (Wildman–Crippen LogP) is 2.28. The molecule has 1 unspecified atom stereocenters. The lowest BCUT2D eigenvalue weighted by Crippen LogP contribution is -1.90. The van der Waals surface area contributed by atoms with Gasteiger partial charge in [0.05, 0.1) is 6.10 Å². The van der Waals surface area contributed by atoms with E-state index >= 15 is 0 Å². The zero-order chi connectivity index (χ0) is 7.98. The van der Waals surface area contributed by atoms with Crippen LogP contribution in [0.3, 0.4) is 0 Å². The standard InChI is InChI=1S/C9H16O/c1-4-8(2)6-5-7-9(3)10/h5-7,9-10H,4H2,1-3H3/b7-5+,8-6+. The van der Waals surface area contributed by atoms with E-state index in [-0.39, 0.29) is 6.10 Å². The fourth-order valence-corrected chi connectivity index (χ4v) is 0.498. The van der Waals surface area contributed by atoms with Gasteiger partial charge in [-0.1, -0.05) is 30.7 Å². The molecule has 58 valence electrons. The van der Waals surface area contributed by atoms with Crippen LogP contribution in [0.15, 0.2) is 23.8 Å². The molecule has 1 heteroatoms. The number of aliphatic hydroxyl groups is 1. The van der Waals surface area contributed by atoms with Crippen LogP contribution in [0.2, 0.25) is 0 Å². The topological polar surface area (TPSA) is 20.2 Å². The maximum absolute atomic E-state index is 8.82. The number of aliphatic hydroxyl groups excluding tert-OH is 1. The highest BCUT2D eigenvalue weighted by molar-refractivity contribution is 5.10. The van der Waals surface area contributed by atoms with Crippen molar-refractivity contribution in [3.63, 3.8) is 0 Å². The van der Waals surface area contributed by atoms with E-state index in [9.17, 15) is 0 Å². The van der Waals surface area contributed by atoms with Crippen molar-refractivity contribution in [2.24, 2.45) is 0 Å². The zero-order valence-corrected chi connectivity index (χ0v) is 6.96. The van der Waals surface area contributed by atoms with Crippen LogP contribution in [-0.4, -0.2) is 11.2 Å². The lowest BCUT2D eigenvalue weighted by atomic mass is 10.2. The molecule has 0 aliphatic carbocycles. The van der Waals surface area contributed by atoms with E-state index in [0.717, 1.165) is 6.42 Å². The first-order valence-electron chi connectivity index (χ1n) is 3.68. The lowest BCUT2D eigenvalue weighted by molar-refractivity contribution is 0.244. The molecule has 0 spiro atoms. The Bertz CT molecular complexity index is 132. The van der Waals surface area contributed by atoms with Crippen molar-refractivity contribution in [3.05, 3.63) is 23.8 Å². The van der Waals surface area contributed by atoms with Crippen molar-refractivity contribution in [1.82, 2.24) is 0 Å². The number of hydrogen-bond acceptors (Lipinski definition) is 1. The summed E-state index contributed by atoms with van der Waals surface area (Å²) in [6.45, 7) is 5.93. The largest absolute Gasteiger partial charge is 0.389 e. The summed E-state index contributed by atoms with van der Waals surface area (Å²) < 4.78 is 0. The molecule has 1 atom stereocenters. The quantitative estimate of drug-likeness (QED) is 0.596. The van der Waals surface area contributed by atoms with Gasteiger partial charge in [-0.25, -0.2) is 0 Å². The first-order chi connectivity index (χ1) is 4.66. The molecule has 0 amide bonds. The fourth-order valence-electron chi connectivity index (χ4n) is 0.498. The minimum Gasteiger partial charge on any atom is -0.389 e. The van der Waals surface area contributed by atoms with E-state index in [1.165, 1.54) is 5.57 Å². The predicted molar refractivity (Wildman–Crippen MR) is 44.9 cm³/mol. The van der Waals surface area contributed by atoms with Crippen molar-refractivity contribution < 1.29 is 5.11 Å². The molecular weight excluding hydrogens is 124 g/mol. The van der Waals surface area contributed by atoms with Gasteiger partial charge in [0.2, 0.25) is 0 Å². The van der Waals surface area contributed by atoms with Crippen LogP contribution in [0.1, 0.15) is 27.2 Å². The Morgan fingerprint density at radius 2 is 2.20 bits per heavy atom. The summed E-state index contributed by atoms with van der Waals surface area (Å²) >= 11 is 0. The Morgan fingerprint density at radius 3 is 2.60 bits per heavy atom. The lowest BCUT2D eigenvalue weighted by Gasteiger charge is -1.92. The molecule has 10 heavy (non-hydrogen) atoms. The smallest absolute Gasteiger partial charge is 0.0695 e. The van der Waals surface area contributed by atoms with E-state index in [0.29, 0.717) is 0 Å².